The van der Waals surface area contributed by atoms with Crippen LogP contribution in [0.1, 0.15) is 36.5 Å². The molecule has 2 N–H and O–H groups in total. The molecule has 0 aliphatic carbocycles. The van der Waals surface area contributed by atoms with Crippen molar-refractivity contribution in [2.24, 2.45) is 0 Å². The van der Waals surface area contributed by atoms with Gasteiger partial charge in [-0.2, -0.15) is 0 Å². The van der Waals surface area contributed by atoms with E-state index in [1.165, 1.54) is 31.9 Å². The summed E-state index contributed by atoms with van der Waals surface area (Å²) in [6.45, 7) is 3.72. The van der Waals surface area contributed by atoms with Crippen molar-refractivity contribution in [1.29, 1.82) is 0 Å². The van der Waals surface area contributed by atoms with Gasteiger partial charge in [0.05, 0.1) is 0 Å². The molecule has 25 heavy (non-hydrogen) atoms. The van der Waals surface area contributed by atoms with E-state index in [4.69, 9.17) is 0 Å². The lowest BCUT2D eigenvalue weighted by Gasteiger charge is -2.28. The Hall–Kier alpha value is -2.82. The minimum absolute atomic E-state index is 0.00444. The van der Waals surface area contributed by atoms with E-state index < -0.39 is 0 Å². The van der Waals surface area contributed by atoms with Crippen molar-refractivity contribution in [3.63, 3.8) is 0 Å². The summed E-state index contributed by atoms with van der Waals surface area (Å²) < 4.78 is 0. The number of amides is 2. The van der Waals surface area contributed by atoms with Gasteiger partial charge in [0.1, 0.15) is 0 Å². The summed E-state index contributed by atoms with van der Waals surface area (Å²) in [5.74, 6) is 0.00444. The van der Waals surface area contributed by atoms with Gasteiger partial charge in [0, 0.05) is 35.7 Å². The Morgan fingerprint density at radius 2 is 1.32 bits per heavy atom. The molecular formula is C20H23N3O2. The average Bonchev–Trinajstić information content (AvgIpc) is 2.63. The standard InChI is InChI=1S/C20H23N3O2/c1-15(24)16-5-7-17(8-6-16)21-20(25)22-18-9-11-19(12-10-18)23-13-3-2-4-14-23/h5-12H,2-4,13-14H2,1H3,(H2,21,22,25). The van der Waals surface area contributed by atoms with Crippen molar-refractivity contribution in [2.45, 2.75) is 26.2 Å². The van der Waals surface area contributed by atoms with Gasteiger partial charge in [-0.15, -0.1) is 0 Å². The monoisotopic (exact) mass is 337 g/mol. The molecule has 0 radical (unpaired) electrons. The number of piperidine rings is 1. The zero-order valence-corrected chi connectivity index (χ0v) is 14.4. The van der Waals surface area contributed by atoms with Crippen molar-refractivity contribution in [3.05, 3.63) is 54.1 Å². The van der Waals surface area contributed by atoms with Gasteiger partial charge >= 0.3 is 6.03 Å². The molecule has 5 nitrogen and oxygen atoms in total. The molecule has 1 heterocycles. The number of benzene rings is 2. The minimum atomic E-state index is -0.304. The summed E-state index contributed by atoms with van der Waals surface area (Å²) in [6, 6.07) is 14.5. The maximum atomic E-state index is 12.1. The van der Waals surface area contributed by atoms with E-state index in [1.54, 1.807) is 24.3 Å². The fourth-order valence-corrected chi connectivity index (χ4v) is 2.99. The number of urea groups is 1. The number of rotatable bonds is 4. The molecule has 0 saturated carbocycles. The summed E-state index contributed by atoms with van der Waals surface area (Å²) in [5, 5.41) is 5.59. The van der Waals surface area contributed by atoms with Gasteiger partial charge in [-0.05, 0) is 74.7 Å². The third kappa shape index (κ3) is 4.59. The molecule has 0 atom stereocenters. The van der Waals surface area contributed by atoms with Gasteiger partial charge in [-0.3, -0.25) is 4.79 Å². The van der Waals surface area contributed by atoms with Crippen LogP contribution < -0.4 is 15.5 Å². The first-order valence-corrected chi connectivity index (χ1v) is 8.66. The predicted molar refractivity (Wildman–Crippen MR) is 102 cm³/mol. The molecule has 1 saturated heterocycles. The molecule has 1 fully saturated rings. The quantitative estimate of drug-likeness (QED) is 0.806. The van der Waals surface area contributed by atoms with E-state index in [1.807, 2.05) is 24.3 Å². The Labute approximate surface area is 148 Å². The van der Waals surface area contributed by atoms with Crippen molar-refractivity contribution in [3.8, 4) is 0 Å². The lowest BCUT2D eigenvalue weighted by atomic mass is 10.1. The summed E-state index contributed by atoms with van der Waals surface area (Å²) in [4.78, 5) is 25.7. The van der Waals surface area contributed by atoms with E-state index in [2.05, 4.69) is 15.5 Å². The molecule has 5 heteroatoms. The van der Waals surface area contributed by atoms with Crippen molar-refractivity contribution >= 4 is 28.9 Å². The Bertz CT molecular complexity index is 733. The lowest BCUT2D eigenvalue weighted by Crippen LogP contribution is -2.29. The Kier molecular flexibility index (Phi) is 5.33. The number of carbonyl (C=O) groups is 2. The second kappa shape index (κ2) is 7.83. The van der Waals surface area contributed by atoms with Crippen LogP contribution in [0.3, 0.4) is 0 Å². The number of hydrogen-bond donors (Lipinski definition) is 2. The van der Waals surface area contributed by atoms with Crippen molar-refractivity contribution in [2.75, 3.05) is 28.6 Å². The minimum Gasteiger partial charge on any atom is -0.372 e. The first kappa shape index (κ1) is 17.0. The van der Waals surface area contributed by atoms with Crippen molar-refractivity contribution < 1.29 is 9.59 Å². The second-order valence-electron chi connectivity index (χ2n) is 6.31. The van der Waals surface area contributed by atoms with Gasteiger partial charge in [0.2, 0.25) is 0 Å². The molecule has 3 rings (SSSR count). The van der Waals surface area contributed by atoms with Gasteiger partial charge in [-0.25, -0.2) is 4.79 Å². The highest BCUT2D eigenvalue weighted by atomic mass is 16.2. The molecule has 0 bridgehead atoms. The van der Waals surface area contributed by atoms with Crippen LogP contribution in [-0.2, 0) is 0 Å². The van der Waals surface area contributed by atoms with Gasteiger partial charge < -0.3 is 15.5 Å². The maximum absolute atomic E-state index is 12.1. The highest BCUT2D eigenvalue weighted by Gasteiger charge is 2.11. The van der Waals surface area contributed by atoms with Crippen molar-refractivity contribution in [1.82, 2.24) is 0 Å². The van der Waals surface area contributed by atoms with Gasteiger partial charge in [0.15, 0.2) is 5.78 Å². The number of nitrogens with one attached hydrogen (secondary N) is 2. The van der Waals surface area contributed by atoms with Crippen LogP contribution in [0.5, 0.6) is 0 Å². The molecule has 2 amide bonds. The third-order valence-electron chi connectivity index (χ3n) is 4.40. The summed E-state index contributed by atoms with van der Waals surface area (Å²) in [7, 11) is 0. The fourth-order valence-electron chi connectivity index (χ4n) is 2.99. The highest BCUT2D eigenvalue weighted by Crippen LogP contribution is 2.22. The number of carbonyl (C=O) groups excluding carboxylic acids is 2. The Morgan fingerprint density at radius 3 is 1.84 bits per heavy atom. The molecule has 2 aromatic carbocycles. The SMILES string of the molecule is CC(=O)c1ccc(NC(=O)Nc2ccc(N3CCCCC3)cc2)cc1. The Morgan fingerprint density at radius 1 is 0.800 bits per heavy atom. The van der Waals surface area contributed by atoms with E-state index in [-0.39, 0.29) is 11.8 Å². The van der Waals surface area contributed by atoms with Crippen LogP contribution in [-0.4, -0.2) is 24.9 Å². The number of Topliss-reactive ketones (excluding diaryl/α,β-unsaturated/α-hetero) is 1. The second-order valence-corrected chi connectivity index (χ2v) is 6.31. The number of ketones is 1. The van der Waals surface area contributed by atoms with Crippen LogP contribution >= 0.6 is 0 Å². The molecule has 0 aromatic heterocycles. The summed E-state index contributed by atoms with van der Waals surface area (Å²) >= 11 is 0. The Balaban J connectivity index is 1.56. The van der Waals surface area contributed by atoms with E-state index >= 15 is 0 Å². The predicted octanol–water partition coefficient (Wildman–Crippen LogP) is 4.52. The fraction of sp³-hybridized carbons (Fsp3) is 0.300. The normalized spacial score (nSPS) is 14.0. The first-order chi connectivity index (χ1) is 12.1. The van der Waals surface area contributed by atoms with E-state index in [0.29, 0.717) is 11.3 Å². The molecule has 1 aliphatic heterocycles. The summed E-state index contributed by atoms with van der Waals surface area (Å²) in [5.41, 5.74) is 3.22. The number of anilines is 3. The zero-order valence-electron chi connectivity index (χ0n) is 14.4. The van der Waals surface area contributed by atoms with E-state index in [9.17, 15) is 9.59 Å². The molecule has 0 spiro atoms. The largest absolute Gasteiger partial charge is 0.372 e. The summed E-state index contributed by atoms with van der Waals surface area (Å²) in [6.07, 6.45) is 3.79. The molecule has 2 aromatic rings. The highest BCUT2D eigenvalue weighted by molar-refractivity contribution is 6.00. The molecule has 1 aliphatic rings. The molecular weight excluding hydrogens is 314 g/mol. The average molecular weight is 337 g/mol. The first-order valence-electron chi connectivity index (χ1n) is 8.66. The smallest absolute Gasteiger partial charge is 0.323 e. The topological polar surface area (TPSA) is 61.4 Å². The van der Waals surface area contributed by atoms with Crippen LogP contribution in [0.15, 0.2) is 48.5 Å². The van der Waals surface area contributed by atoms with Gasteiger partial charge in [-0.1, -0.05) is 0 Å². The van der Waals surface area contributed by atoms with Crippen LogP contribution in [0.4, 0.5) is 21.9 Å². The van der Waals surface area contributed by atoms with E-state index in [0.717, 1.165) is 18.8 Å². The van der Waals surface area contributed by atoms with Crippen LogP contribution in [0, 0.1) is 0 Å². The number of hydrogen-bond acceptors (Lipinski definition) is 3. The lowest BCUT2D eigenvalue weighted by molar-refractivity contribution is 0.101. The van der Waals surface area contributed by atoms with Crippen LogP contribution in [0.25, 0.3) is 0 Å². The molecule has 130 valence electrons. The van der Waals surface area contributed by atoms with Crippen LogP contribution in [0.2, 0.25) is 0 Å². The zero-order chi connectivity index (χ0) is 17.6. The molecule has 0 unspecified atom stereocenters. The third-order valence-corrected chi connectivity index (χ3v) is 4.40. The maximum Gasteiger partial charge on any atom is 0.323 e. The number of nitrogens with zero attached hydrogens (tertiary/aromatic N) is 1. The van der Waals surface area contributed by atoms with Gasteiger partial charge in [0.25, 0.3) is 0 Å².